The van der Waals surface area contributed by atoms with Gasteiger partial charge < -0.3 is 47.5 Å². The molecule has 3 aromatic rings. The summed E-state index contributed by atoms with van der Waals surface area (Å²) < 4.78 is 55.2. The first-order chi connectivity index (χ1) is 33.7. The van der Waals surface area contributed by atoms with Crippen LogP contribution in [0.4, 0.5) is 4.79 Å². The second-order valence-corrected chi connectivity index (χ2v) is 22.2. The Morgan fingerprint density at radius 2 is 1.70 bits per heavy atom. The van der Waals surface area contributed by atoms with Crippen LogP contribution in [0.15, 0.2) is 30.9 Å². The molecule has 2 fully saturated rings. The maximum atomic E-state index is 15.4. The third-order valence-corrected chi connectivity index (χ3v) is 15.5. The topological polar surface area (TPSA) is 194 Å². The van der Waals surface area contributed by atoms with Gasteiger partial charge in [-0.15, -0.1) is 11.8 Å². The van der Waals surface area contributed by atoms with E-state index in [9.17, 15) is 14.9 Å². The lowest BCUT2D eigenvalue weighted by atomic mass is 9.70. The molecule has 7 atom stereocenters. The lowest BCUT2D eigenvalue weighted by molar-refractivity contribution is -0.162. The molecule has 1 unspecified atom stereocenters. The van der Waals surface area contributed by atoms with Gasteiger partial charge in [0.1, 0.15) is 30.6 Å². The van der Waals surface area contributed by atoms with Gasteiger partial charge in [-0.1, -0.05) is 39.5 Å². The van der Waals surface area contributed by atoms with Crippen molar-refractivity contribution in [2.45, 2.75) is 128 Å². The fourth-order valence-corrected chi connectivity index (χ4v) is 13.2. The van der Waals surface area contributed by atoms with Crippen LogP contribution in [-0.4, -0.2) is 104 Å². The summed E-state index contributed by atoms with van der Waals surface area (Å²) in [5.41, 5.74) is 2.62. The number of ether oxygens (including phenoxy) is 9. The molecule has 7 aliphatic rings. The Labute approximate surface area is 418 Å². The lowest BCUT2D eigenvalue weighted by Gasteiger charge is -2.62. The number of nitriles is 1. The van der Waals surface area contributed by atoms with Crippen LogP contribution in [0.25, 0.3) is 0 Å². The van der Waals surface area contributed by atoms with Crippen LogP contribution in [0, 0.1) is 30.6 Å². The molecule has 10 rings (SSSR count). The molecule has 4 bridgehead atoms. The predicted molar refractivity (Wildman–Crippen MR) is 260 cm³/mol. The van der Waals surface area contributed by atoms with E-state index >= 15 is 9.59 Å². The van der Waals surface area contributed by atoms with Gasteiger partial charge in [0.05, 0.1) is 49.7 Å². The standard InChI is InChI=1S/C53H62N4O13S/c1-13-16-64-46-38-30(17-26(2)43(46)63-12)18-32-33(22-54)56-34-23-65-49(60)53(31-20-35(62-11)36(19-29(31)14-15-55-53)69-50(61)70-52(8,9)10)24-71-48(42(56)41(38)57(32)37(59)21-51(5,6)7)40-39(34)47-45(66-25-67-47)27(3)44(40)68-28(4)58/h13,17,19-20,32-34,41-42,48,55H,1,14-16,18,21,23-25H2,2-12H3/t32-,33-,34-,41+,42?,48+,53+/m0/s1. The van der Waals surface area contributed by atoms with Crippen molar-refractivity contribution in [2.75, 3.05) is 46.5 Å². The Hall–Kier alpha value is -6.16. The van der Waals surface area contributed by atoms with Crippen molar-refractivity contribution in [3.63, 3.8) is 0 Å². The van der Waals surface area contributed by atoms with Crippen LogP contribution in [-0.2, 0) is 42.2 Å². The van der Waals surface area contributed by atoms with E-state index in [-0.39, 0.29) is 55.3 Å². The van der Waals surface area contributed by atoms with E-state index in [1.54, 1.807) is 46.1 Å². The number of aryl methyl sites for hydroxylation is 1. The number of carbonyl (C=O) groups excluding carboxylic acids is 4. The van der Waals surface area contributed by atoms with Gasteiger partial charge in [-0.25, -0.2) is 9.59 Å². The highest BCUT2D eigenvalue weighted by Gasteiger charge is 2.63. The average Bonchev–Trinajstić information content (AvgIpc) is 3.79. The number of hydrogen-bond donors (Lipinski definition) is 1. The van der Waals surface area contributed by atoms with Crippen LogP contribution in [0.3, 0.4) is 0 Å². The molecule has 0 radical (unpaired) electrons. The molecule has 17 nitrogen and oxygen atoms in total. The van der Waals surface area contributed by atoms with Crippen LogP contribution < -0.4 is 38.5 Å². The van der Waals surface area contributed by atoms with Crippen molar-refractivity contribution in [3.8, 4) is 46.3 Å². The third kappa shape index (κ3) is 8.46. The first kappa shape index (κ1) is 49.8. The summed E-state index contributed by atoms with van der Waals surface area (Å²) in [7, 11) is 3.03. The highest BCUT2D eigenvalue weighted by atomic mass is 32.2. The number of hydrogen-bond acceptors (Lipinski definition) is 17. The monoisotopic (exact) mass is 994 g/mol. The molecule has 1 spiro atoms. The summed E-state index contributed by atoms with van der Waals surface area (Å²) in [6, 6.07) is 4.02. The quantitative estimate of drug-likeness (QED) is 0.0994. The minimum absolute atomic E-state index is 0.0214. The fraction of sp³-hybridized carbons (Fsp3) is 0.528. The minimum atomic E-state index is -1.53. The summed E-state index contributed by atoms with van der Waals surface area (Å²) in [5.74, 6) is 1.02. The summed E-state index contributed by atoms with van der Waals surface area (Å²) in [5, 5.41) is 14.4. The zero-order valence-electron chi connectivity index (χ0n) is 42.2. The summed E-state index contributed by atoms with van der Waals surface area (Å²) in [4.78, 5) is 61.1. The number of fused-ring (bicyclic) bond motifs is 9. The van der Waals surface area contributed by atoms with E-state index in [1.165, 1.54) is 25.8 Å². The number of nitrogens with zero attached hydrogens (tertiary/aromatic N) is 3. The van der Waals surface area contributed by atoms with Crippen molar-refractivity contribution in [3.05, 3.63) is 75.4 Å². The zero-order valence-corrected chi connectivity index (χ0v) is 43.0. The SMILES string of the molecule is C=CCOc1c(OC)c(C)cc2c1[C@@H]1C3[C@@H]4SC[C@]5(NCCc6cc(OC(=O)OC(C)(C)C)c(OC)cc65)C(=O)OC[C@@H](c5c6c(c(C)c(OC(C)=O)c54)OCO6)N3[C@@H](C#N)[C@H](C2)N1C(=O)CC(C)(C)C. The van der Waals surface area contributed by atoms with Crippen LogP contribution >= 0.6 is 11.8 Å². The Morgan fingerprint density at radius 1 is 0.958 bits per heavy atom. The van der Waals surface area contributed by atoms with Gasteiger partial charge in [0.2, 0.25) is 12.7 Å². The number of piperazine rings is 1. The Balaban J connectivity index is 1.32. The number of rotatable bonds is 8. The number of carbonyl (C=O) groups is 4. The molecule has 0 aromatic heterocycles. The van der Waals surface area contributed by atoms with E-state index in [2.05, 4.69) is 28.9 Å². The van der Waals surface area contributed by atoms with Crippen LogP contribution in [0.1, 0.15) is 117 Å². The third-order valence-electron chi connectivity index (χ3n) is 14.0. The number of esters is 2. The van der Waals surface area contributed by atoms with Crippen LogP contribution in [0.5, 0.6) is 40.2 Å². The van der Waals surface area contributed by atoms with Gasteiger partial charge in [-0.3, -0.25) is 19.8 Å². The molecule has 3 aromatic carbocycles. The fourth-order valence-electron chi connectivity index (χ4n) is 11.5. The molecule has 1 amide bonds. The lowest BCUT2D eigenvalue weighted by Crippen LogP contribution is -2.71. The summed E-state index contributed by atoms with van der Waals surface area (Å²) in [6.45, 7) is 20.3. The molecule has 378 valence electrons. The van der Waals surface area contributed by atoms with Crippen molar-refractivity contribution in [2.24, 2.45) is 5.41 Å². The predicted octanol–water partition coefficient (Wildman–Crippen LogP) is 7.79. The normalized spacial score (nSPS) is 25.0. The second-order valence-electron chi connectivity index (χ2n) is 21.1. The van der Waals surface area contributed by atoms with Gasteiger partial charge in [-0.2, -0.15) is 5.26 Å². The highest BCUT2D eigenvalue weighted by Crippen LogP contribution is 2.65. The molecule has 7 heterocycles. The zero-order chi connectivity index (χ0) is 51.1. The Morgan fingerprint density at radius 3 is 2.37 bits per heavy atom. The molecule has 18 heteroatoms. The van der Waals surface area contributed by atoms with Gasteiger partial charge in [-0.05, 0) is 87.3 Å². The number of amides is 1. The average molecular weight is 995 g/mol. The smallest absolute Gasteiger partial charge is 0.493 e. The molecule has 71 heavy (non-hydrogen) atoms. The van der Waals surface area contributed by atoms with E-state index in [4.69, 9.17) is 42.6 Å². The molecular weight excluding hydrogens is 933 g/mol. The molecule has 2 saturated heterocycles. The minimum Gasteiger partial charge on any atom is -0.493 e. The number of benzene rings is 3. The van der Waals surface area contributed by atoms with E-state index < -0.39 is 70.1 Å². The van der Waals surface area contributed by atoms with Crippen molar-refractivity contribution < 1.29 is 61.8 Å². The maximum Gasteiger partial charge on any atom is 0.514 e. The first-order valence-electron chi connectivity index (χ1n) is 23.9. The summed E-state index contributed by atoms with van der Waals surface area (Å²) >= 11 is 1.41. The molecule has 7 aliphatic heterocycles. The van der Waals surface area contributed by atoms with Gasteiger partial charge >= 0.3 is 18.1 Å². The molecular formula is C53H62N4O13S. The van der Waals surface area contributed by atoms with Crippen molar-refractivity contribution >= 4 is 35.8 Å². The highest BCUT2D eigenvalue weighted by molar-refractivity contribution is 7.99. The second kappa shape index (κ2) is 18.5. The Bertz CT molecular complexity index is 2780. The van der Waals surface area contributed by atoms with Crippen molar-refractivity contribution in [1.29, 1.82) is 5.26 Å². The van der Waals surface area contributed by atoms with Crippen LogP contribution in [0.2, 0.25) is 0 Å². The largest absolute Gasteiger partial charge is 0.514 e. The van der Waals surface area contributed by atoms with Gasteiger partial charge in [0.25, 0.3) is 0 Å². The number of nitrogens with one attached hydrogen (secondary N) is 1. The van der Waals surface area contributed by atoms with Gasteiger partial charge in [0.15, 0.2) is 40.0 Å². The van der Waals surface area contributed by atoms with E-state index in [1.807, 2.05) is 39.5 Å². The summed E-state index contributed by atoms with van der Waals surface area (Å²) in [6.07, 6.45) is 1.68. The number of methoxy groups -OCH3 is 2. The molecule has 0 saturated carbocycles. The first-order valence-corrected chi connectivity index (χ1v) is 24.9. The van der Waals surface area contributed by atoms with Crippen molar-refractivity contribution in [1.82, 2.24) is 15.1 Å². The molecule has 0 aliphatic carbocycles. The Kier molecular flexibility index (Phi) is 13.0. The van der Waals surface area contributed by atoms with Gasteiger partial charge in [0, 0.05) is 47.9 Å². The maximum absolute atomic E-state index is 15.4. The van der Waals surface area contributed by atoms with E-state index in [0.29, 0.717) is 70.2 Å². The van der Waals surface area contributed by atoms with E-state index in [0.717, 1.165) is 16.7 Å². The number of thioether (sulfide) groups is 1. The molecule has 1 N–H and O–H groups in total.